The zero-order valence-electron chi connectivity index (χ0n) is 10.2. The van der Waals surface area contributed by atoms with Gasteiger partial charge in [-0.2, -0.15) is 0 Å². The first-order valence-corrected chi connectivity index (χ1v) is 5.60. The number of aryl methyl sites for hydroxylation is 1. The van der Waals surface area contributed by atoms with Crippen molar-refractivity contribution in [1.29, 1.82) is 0 Å². The first-order chi connectivity index (χ1) is 7.83. The highest BCUT2D eigenvalue weighted by Gasteiger charge is 2.26. The monoisotopic (exact) mass is 239 g/mol. The number of anilines is 1. The number of rotatable bonds is 5. The van der Waals surface area contributed by atoms with Crippen LogP contribution in [0.1, 0.15) is 32.3 Å². The van der Waals surface area contributed by atoms with E-state index in [4.69, 9.17) is 10.8 Å². The number of carboxylic acids is 1. The molecule has 0 fully saturated rings. The summed E-state index contributed by atoms with van der Waals surface area (Å²) in [4.78, 5) is 10.9. The molecule has 17 heavy (non-hydrogen) atoms. The molecule has 94 valence electrons. The molecule has 0 saturated carbocycles. The number of carboxylic acid groups (broad SMARTS) is 1. The fraction of sp³-hybridized carbons (Fsp3) is 0.462. The van der Waals surface area contributed by atoms with Gasteiger partial charge in [0.25, 0.3) is 0 Å². The van der Waals surface area contributed by atoms with Gasteiger partial charge >= 0.3 is 5.97 Å². The number of aliphatic carboxylic acids is 1. The van der Waals surface area contributed by atoms with Crippen molar-refractivity contribution in [3.63, 3.8) is 0 Å². The van der Waals surface area contributed by atoms with Gasteiger partial charge in [-0.05, 0) is 50.8 Å². The second-order valence-electron chi connectivity index (χ2n) is 4.90. The summed E-state index contributed by atoms with van der Waals surface area (Å²) >= 11 is 0. The summed E-state index contributed by atoms with van der Waals surface area (Å²) in [7, 11) is 0. The molecule has 0 spiro atoms. The lowest BCUT2D eigenvalue weighted by molar-refractivity contribution is -0.147. The van der Waals surface area contributed by atoms with Crippen LogP contribution in [0.25, 0.3) is 0 Å². The van der Waals surface area contributed by atoms with E-state index < -0.39 is 17.2 Å². The standard InChI is InChI=1S/C13H18FNO2/c1-13(2,12(16)17)7-3-4-9-5-6-10(14)11(15)8-9/h5-6,8H,3-4,7,15H2,1-2H3,(H,16,17). The van der Waals surface area contributed by atoms with E-state index in [1.54, 1.807) is 26.0 Å². The molecule has 1 aromatic carbocycles. The number of benzene rings is 1. The fourth-order valence-electron chi connectivity index (χ4n) is 1.59. The van der Waals surface area contributed by atoms with Crippen LogP contribution in [0.15, 0.2) is 18.2 Å². The van der Waals surface area contributed by atoms with Gasteiger partial charge < -0.3 is 10.8 Å². The van der Waals surface area contributed by atoms with Gasteiger partial charge in [0.2, 0.25) is 0 Å². The smallest absolute Gasteiger partial charge is 0.309 e. The third-order valence-electron chi connectivity index (χ3n) is 2.91. The van der Waals surface area contributed by atoms with E-state index in [-0.39, 0.29) is 5.69 Å². The Balaban J connectivity index is 2.51. The molecule has 0 bridgehead atoms. The molecule has 0 aromatic heterocycles. The molecular weight excluding hydrogens is 221 g/mol. The molecule has 1 aromatic rings. The molecule has 1 rings (SSSR count). The zero-order valence-corrected chi connectivity index (χ0v) is 10.2. The minimum atomic E-state index is -0.795. The summed E-state index contributed by atoms with van der Waals surface area (Å²) in [5, 5.41) is 8.95. The number of hydrogen-bond acceptors (Lipinski definition) is 2. The van der Waals surface area contributed by atoms with Gasteiger partial charge in [0.1, 0.15) is 5.82 Å². The van der Waals surface area contributed by atoms with Crippen LogP contribution >= 0.6 is 0 Å². The molecule has 0 saturated heterocycles. The lowest BCUT2D eigenvalue weighted by atomic mass is 9.87. The fourth-order valence-corrected chi connectivity index (χ4v) is 1.59. The first kappa shape index (κ1) is 13.5. The lowest BCUT2D eigenvalue weighted by Gasteiger charge is -2.18. The van der Waals surface area contributed by atoms with Gasteiger partial charge in [0.05, 0.1) is 11.1 Å². The summed E-state index contributed by atoms with van der Waals surface area (Å²) in [6.07, 6.45) is 2.03. The third-order valence-corrected chi connectivity index (χ3v) is 2.91. The van der Waals surface area contributed by atoms with Crippen LogP contribution in [-0.2, 0) is 11.2 Å². The predicted molar refractivity (Wildman–Crippen MR) is 65.2 cm³/mol. The molecule has 0 aliphatic heterocycles. The van der Waals surface area contributed by atoms with E-state index in [0.29, 0.717) is 12.8 Å². The molecule has 0 amide bonds. The van der Waals surface area contributed by atoms with Crippen LogP contribution in [0.2, 0.25) is 0 Å². The minimum absolute atomic E-state index is 0.139. The van der Waals surface area contributed by atoms with E-state index in [1.807, 2.05) is 0 Å². The highest BCUT2D eigenvalue weighted by Crippen LogP contribution is 2.24. The lowest BCUT2D eigenvalue weighted by Crippen LogP contribution is -2.23. The van der Waals surface area contributed by atoms with E-state index in [1.165, 1.54) is 6.07 Å². The minimum Gasteiger partial charge on any atom is -0.481 e. The van der Waals surface area contributed by atoms with Gasteiger partial charge in [0.15, 0.2) is 0 Å². The number of nitrogens with two attached hydrogens (primary N) is 1. The number of hydrogen-bond donors (Lipinski definition) is 2. The second-order valence-corrected chi connectivity index (χ2v) is 4.90. The van der Waals surface area contributed by atoms with Crippen LogP contribution in [0.4, 0.5) is 10.1 Å². The molecule has 3 nitrogen and oxygen atoms in total. The van der Waals surface area contributed by atoms with Crippen LogP contribution in [0, 0.1) is 11.2 Å². The Kier molecular flexibility index (Phi) is 4.10. The topological polar surface area (TPSA) is 63.3 Å². The summed E-state index contributed by atoms with van der Waals surface area (Å²) in [5.41, 5.74) is 5.81. The van der Waals surface area contributed by atoms with Crippen molar-refractivity contribution < 1.29 is 14.3 Å². The molecule has 0 unspecified atom stereocenters. The maximum atomic E-state index is 12.9. The van der Waals surface area contributed by atoms with Crippen molar-refractivity contribution in [3.05, 3.63) is 29.6 Å². The Labute approximate surface area is 100 Å². The van der Waals surface area contributed by atoms with E-state index in [9.17, 15) is 9.18 Å². The molecule has 0 atom stereocenters. The van der Waals surface area contributed by atoms with Crippen LogP contribution in [-0.4, -0.2) is 11.1 Å². The van der Waals surface area contributed by atoms with Crippen LogP contribution in [0.5, 0.6) is 0 Å². The van der Waals surface area contributed by atoms with Crippen molar-refractivity contribution in [2.24, 2.45) is 5.41 Å². The molecule has 3 N–H and O–H groups in total. The van der Waals surface area contributed by atoms with Crippen molar-refractivity contribution >= 4 is 11.7 Å². The van der Waals surface area contributed by atoms with Crippen molar-refractivity contribution in [3.8, 4) is 0 Å². The Morgan fingerprint density at radius 2 is 2.12 bits per heavy atom. The summed E-state index contributed by atoms with van der Waals surface area (Å²) in [6, 6.07) is 4.62. The van der Waals surface area contributed by atoms with Crippen molar-refractivity contribution in [1.82, 2.24) is 0 Å². The molecule has 0 heterocycles. The maximum absolute atomic E-state index is 12.9. The predicted octanol–water partition coefficient (Wildman–Crippen LogP) is 2.84. The Hall–Kier alpha value is -1.58. The summed E-state index contributed by atoms with van der Waals surface area (Å²) in [5.74, 6) is -1.21. The SMILES string of the molecule is CC(C)(CCCc1ccc(F)c(N)c1)C(=O)O. The molecule has 4 heteroatoms. The summed E-state index contributed by atoms with van der Waals surface area (Å²) < 4.78 is 12.9. The second kappa shape index (κ2) is 5.17. The largest absolute Gasteiger partial charge is 0.481 e. The van der Waals surface area contributed by atoms with Crippen molar-refractivity contribution in [2.45, 2.75) is 33.1 Å². The van der Waals surface area contributed by atoms with Crippen molar-refractivity contribution in [2.75, 3.05) is 5.73 Å². The average molecular weight is 239 g/mol. The number of carbonyl (C=O) groups is 1. The molecule has 0 radical (unpaired) electrons. The van der Waals surface area contributed by atoms with Crippen LogP contribution < -0.4 is 5.73 Å². The van der Waals surface area contributed by atoms with E-state index in [0.717, 1.165) is 12.0 Å². The van der Waals surface area contributed by atoms with E-state index >= 15 is 0 Å². The number of halogens is 1. The van der Waals surface area contributed by atoms with Gasteiger partial charge in [-0.25, -0.2) is 4.39 Å². The van der Waals surface area contributed by atoms with E-state index in [2.05, 4.69) is 0 Å². The Morgan fingerprint density at radius 1 is 1.47 bits per heavy atom. The summed E-state index contributed by atoms with van der Waals surface area (Å²) in [6.45, 7) is 3.41. The number of nitrogen functional groups attached to an aromatic ring is 1. The van der Waals surface area contributed by atoms with Gasteiger partial charge in [-0.3, -0.25) is 4.79 Å². The highest BCUT2D eigenvalue weighted by atomic mass is 19.1. The molecular formula is C13H18FNO2. The van der Waals surface area contributed by atoms with Crippen LogP contribution in [0.3, 0.4) is 0 Å². The quantitative estimate of drug-likeness (QED) is 0.776. The maximum Gasteiger partial charge on any atom is 0.309 e. The molecule has 0 aliphatic carbocycles. The zero-order chi connectivity index (χ0) is 13.1. The Bertz CT molecular complexity index is 416. The van der Waals surface area contributed by atoms with Gasteiger partial charge in [0, 0.05) is 0 Å². The molecule has 0 aliphatic rings. The Morgan fingerprint density at radius 3 is 2.65 bits per heavy atom. The first-order valence-electron chi connectivity index (χ1n) is 5.60. The van der Waals surface area contributed by atoms with Gasteiger partial charge in [-0.1, -0.05) is 6.07 Å². The van der Waals surface area contributed by atoms with Gasteiger partial charge in [-0.15, -0.1) is 0 Å². The highest BCUT2D eigenvalue weighted by molar-refractivity contribution is 5.73. The third kappa shape index (κ3) is 3.73. The normalized spacial score (nSPS) is 11.5. The average Bonchev–Trinajstić information content (AvgIpc) is 2.23.